The van der Waals surface area contributed by atoms with Gasteiger partial charge in [0, 0.05) is 0 Å². The van der Waals surface area contributed by atoms with Gasteiger partial charge in [-0.05, 0) is 13.8 Å². The lowest BCUT2D eigenvalue weighted by atomic mass is 10.5. The number of aromatic amines is 1. The highest BCUT2D eigenvalue weighted by molar-refractivity contribution is 5.68. The smallest absolute Gasteiger partial charge is 0.181 e. The Bertz CT molecular complexity index is 392. The molecule has 0 fully saturated rings. The number of nitrogens with zero attached hydrogens (tertiary/aromatic N) is 3. The Hall–Kier alpha value is -1.45. The minimum atomic E-state index is 0.745. The zero-order chi connectivity index (χ0) is 11.8. The highest BCUT2D eigenvalue weighted by atomic mass is 15.0. The molecule has 0 aliphatic carbocycles. The molecule has 84 valence electrons. The van der Waals surface area contributed by atoms with Crippen LogP contribution in [-0.4, -0.2) is 19.9 Å². The summed E-state index contributed by atoms with van der Waals surface area (Å²) in [4.78, 5) is 15.4. The van der Waals surface area contributed by atoms with Crippen LogP contribution in [0.25, 0.3) is 11.2 Å². The summed E-state index contributed by atoms with van der Waals surface area (Å²) >= 11 is 0. The number of nitrogens with one attached hydrogen (secondary N) is 1. The monoisotopic (exact) mass is 208 g/mol. The maximum Gasteiger partial charge on any atom is 0.181 e. The highest BCUT2D eigenvalue weighted by Crippen LogP contribution is 2.05. The van der Waals surface area contributed by atoms with Crippen LogP contribution in [0.3, 0.4) is 0 Å². The van der Waals surface area contributed by atoms with Crippen molar-refractivity contribution in [1.82, 2.24) is 19.9 Å². The second-order valence-corrected chi connectivity index (χ2v) is 2.48. The number of hydrogen-bond donors (Lipinski definition) is 1. The quantitative estimate of drug-likeness (QED) is 0.724. The van der Waals surface area contributed by atoms with Crippen molar-refractivity contribution in [2.75, 3.05) is 0 Å². The van der Waals surface area contributed by atoms with Gasteiger partial charge in [-0.1, -0.05) is 27.7 Å². The van der Waals surface area contributed by atoms with E-state index < -0.39 is 0 Å². The minimum Gasteiger partial charge on any atom is -0.340 e. The molecule has 0 aliphatic rings. The number of fused-ring (bicyclic) bond motifs is 1. The average Bonchev–Trinajstić information content (AvgIpc) is 2.63. The molecule has 2 aromatic heterocycles. The highest BCUT2D eigenvalue weighted by Gasteiger charge is 1.99. The summed E-state index contributed by atoms with van der Waals surface area (Å²) in [6, 6.07) is 0. The molecule has 0 aliphatic heterocycles. The van der Waals surface area contributed by atoms with Gasteiger partial charge in [-0.2, -0.15) is 0 Å². The molecule has 15 heavy (non-hydrogen) atoms. The van der Waals surface area contributed by atoms with Crippen molar-refractivity contribution < 1.29 is 0 Å². The molecular weight excluding hydrogens is 188 g/mol. The van der Waals surface area contributed by atoms with Gasteiger partial charge in [-0.3, -0.25) is 0 Å². The van der Waals surface area contributed by atoms with E-state index in [0.29, 0.717) is 0 Å². The molecule has 0 amide bonds. The van der Waals surface area contributed by atoms with Crippen molar-refractivity contribution >= 4 is 11.2 Å². The van der Waals surface area contributed by atoms with Gasteiger partial charge in [0.15, 0.2) is 5.65 Å². The van der Waals surface area contributed by atoms with Crippen LogP contribution in [0.4, 0.5) is 0 Å². The van der Waals surface area contributed by atoms with E-state index in [-0.39, 0.29) is 0 Å². The first-order chi connectivity index (χ1) is 7.25. The third-order valence-corrected chi connectivity index (χ3v) is 1.48. The van der Waals surface area contributed by atoms with Crippen LogP contribution in [0.2, 0.25) is 0 Å². The molecule has 2 heterocycles. The van der Waals surface area contributed by atoms with Gasteiger partial charge in [0.25, 0.3) is 0 Å². The van der Waals surface area contributed by atoms with Crippen LogP contribution in [0.1, 0.15) is 39.3 Å². The fraction of sp³-hybridized carbons (Fsp3) is 0.545. The average molecular weight is 208 g/mol. The van der Waals surface area contributed by atoms with Crippen LogP contribution in [-0.2, 0) is 0 Å². The zero-order valence-corrected chi connectivity index (χ0v) is 10.4. The van der Waals surface area contributed by atoms with Crippen molar-refractivity contribution in [2.24, 2.45) is 0 Å². The van der Waals surface area contributed by atoms with Gasteiger partial charge in [0.05, 0.1) is 6.20 Å². The lowest BCUT2D eigenvalue weighted by Crippen LogP contribution is -1.85. The molecular formula is C11H20N4. The van der Waals surface area contributed by atoms with Crippen molar-refractivity contribution in [3.8, 4) is 0 Å². The maximum absolute atomic E-state index is 4.17. The number of aromatic nitrogens is 4. The molecule has 2 aromatic rings. The first-order valence-electron chi connectivity index (χ1n) is 5.41. The second-order valence-electron chi connectivity index (χ2n) is 2.48. The third-order valence-electron chi connectivity index (χ3n) is 1.48. The Morgan fingerprint density at radius 3 is 2.20 bits per heavy atom. The molecule has 0 bridgehead atoms. The SMILES string of the molecule is CC.CC.Cc1ncc2[nH]c(C)nc2n1. The number of hydrogen-bond acceptors (Lipinski definition) is 3. The number of H-pyrrole nitrogens is 1. The van der Waals surface area contributed by atoms with Crippen LogP contribution < -0.4 is 0 Å². The van der Waals surface area contributed by atoms with E-state index in [2.05, 4.69) is 19.9 Å². The second kappa shape index (κ2) is 6.92. The maximum atomic E-state index is 4.17. The van der Waals surface area contributed by atoms with Crippen molar-refractivity contribution in [1.29, 1.82) is 0 Å². The summed E-state index contributed by atoms with van der Waals surface area (Å²) in [6.45, 7) is 11.8. The predicted octanol–water partition coefficient (Wildman–Crippen LogP) is 3.02. The predicted molar refractivity (Wildman–Crippen MR) is 63.9 cm³/mol. The molecule has 1 N–H and O–H groups in total. The van der Waals surface area contributed by atoms with Crippen LogP contribution in [0.5, 0.6) is 0 Å². The number of aryl methyl sites for hydroxylation is 2. The lowest BCUT2D eigenvalue weighted by molar-refractivity contribution is 1.08. The summed E-state index contributed by atoms with van der Waals surface area (Å²) in [5, 5.41) is 0. The molecule has 0 radical (unpaired) electrons. The molecule has 0 aromatic carbocycles. The van der Waals surface area contributed by atoms with E-state index >= 15 is 0 Å². The molecule has 0 saturated carbocycles. The topological polar surface area (TPSA) is 54.5 Å². The van der Waals surface area contributed by atoms with Gasteiger partial charge in [-0.15, -0.1) is 0 Å². The van der Waals surface area contributed by atoms with E-state index in [4.69, 9.17) is 0 Å². The van der Waals surface area contributed by atoms with E-state index in [0.717, 1.165) is 22.8 Å². The zero-order valence-electron chi connectivity index (χ0n) is 10.4. The summed E-state index contributed by atoms with van der Waals surface area (Å²) in [5.74, 6) is 1.63. The Labute approximate surface area is 91.2 Å². The Balaban J connectivity index is 0.000000442. The molecule has 0 spiro atoms. The van der Waals surface area contributed by atoms with Gasteiger partial charge in [0.1, 0.15) is 17.2 Å². The Kier molecular flexibility index (Phi) is 6.25. The fourth-order valence-electron chi connectivity index (χ4n) is 1.01. The van der Waals surface area contributed by atoms with Gasteiger partial charge >= 0.3 is 0 Å². The normalized spacial score (nSPS) is 8.67. The summed E-state index contributed by atoms with van der Waals surface area (Å²) in [6.07, 6.45) is 1.75. The lowest BCUT2D eigenvalue weighted by Gasteiger charge is -1.87. The standard InChI is InChI=1S/C7H8N4.2C2H6/c1-4-8-3-6-7(10-4)11-5(2)9-6;2*1-2/h3H,1-2H3,(H,8,9,10,11);2*1-2H3. The molecule has 0 unspecified atom stereocenters. The van der Waals surface area contributed by atoms with Gasteiger partial charge in [0.2, 0.25) is 0 Å². The molecule has 2 rings (SSSR count). The fourth-order valence-corrected chi connectivity index (χ4v) is 1.01. The Morgan fingerprint density at radius 1 is 1.00 bits per heavy atom. The molecule has 0 saturated heterocycles. The number of rotatable bonds is 0. The minimum absolute atomic E-state index is 0.745. The molecule has 4 nitrogen and oxygen atoms in total. The van der Waals surface area contributed by atoms with Crippen LogP contribution in [0.15, 0.2) is 6.20 Å². The molecule has 4 heteroatoms. The van der Waals surface area contributed by atoms with Gasteiger partial charge < -0.3 is 4.98 Å². The summed E-state index contributed by atoms with van der Waals surface area (Å²) in [7, 11) is 0. The third kappa shape index (κ3) is 3.65. The largest absolute Gasteiger partial charge is 0.340 e. The van der Waals surface area contributed by atoms with Gasteiger partial charge in [-0.25, -0.2) is 15.0 Å². The number of imidazole rings is 1. The van der Waals surface area contributed by atoms with E-state index in [9.17, 15) is 0 Å². The first kappa shape index (κ1) is 13.5. The summed E-state index contributed by atoms with van der Waals surface area (Å²) in [5.41, 5.74) is 1.64. The first-order valence-corrected chi connectivity index (χ1v) is 5.41. The molecule has 0 atom stereocenters. The van der Waals surface area contributed by atoms with E-state index in [1.165, 1.54) is 0 Å². The van der Waals surface area contributed by atoms with Crippen LogP contribution in [0, 0.1) is 13.8 Å². The van der Waals surface area contributed by atoms with Crippen molar-refractivity contribution in [3.05, 3.63) is 17.8 Å². The summed E-state index contributed by atoms with van der Waals surface area (Å²) < 4.78 is 0. The van der Waals surface area contributed by atoms with Crippen molar-refractivity contribution in [3.63, 3.8) is 0 Å². The van der Waals surface area contributed by atoms with E-state index in [1.54, 1.807) is 6.20 Å². The van der Waals surface area contributed by atoms with Crippen molar-refractivity contribution in [2.45, 2.75) is 41.5 Å². The van der Waals surface area contributed by atoms with Crippen LogP contribution >= 0.6 is 0 Å². The van der Waals surface area contributed by atoms with E-state index in [1.807, 2.05) is 41.5 Å². The Morgan fingerprint density at radius 2 is 1.60 bits per heavy atom.